The molecule has 0 unspecified atom stereocenters. The molecule has 0 aromatic rings. The van der Waals surface area contributed by atoms with Crippen molar-refractivity contribution >= 4 is 0 Å². The first-order chi connectivity index (χ1) is 13.4. The summed E-state index contributed by atoms with van der Waals surface area (Å²) in [6, 6.07) is 0. The summed E-state index contributed by atoms with van der Waals surface area (Å²) < 4.78 is 49.3. The monoisotopic (exact) mass is 400 g/mol. The van der Waals surface area contributed by atoms with E-state index in [0.717, 1.165) is 25.9 Å². The Labute approximate surface area is 166 Å². The van der Waals surface area contributed by atoms with Crippen LogP contribution in [0.15, 0.2) is 0 Å². The zero-order valence-electron chi connectivity index (χ0n) is 17.2. The average molecular weight is 400 g/mol. The second-order valence-electron chi connectivity index (χ2n) is 9.00. The molecule has 5 fully saturated rings. The molecule has 8 atom stereocenters. The highest BCUT2D eigenvalue weighted by atomic mass is 16.8. The van der Waals surface area contributed by atoms with Crippen LogP contribution < -0.4 is 0 Å². The van der Waals surface area contributed by atoms with Crippen molar-refractivity contribution in [3.8, 4) is 0 Å². The maximum atomic E-state index is 6.59. The van der Waals surface area contributed by atoms with Crippen LogP contribution >= 0.6 is 0 Å². The van der Waals surface area contributed by atoms with Crippen molar-refractivity contribution in [3.63, 3.8) is 0 Å². The van der Waals surface area contributed by atoms with E-state index in [1.807, 2.05) is 13.8 Å². The Hall–Kier alpha value is -0.320. The molecular weight excluding hydrogens is 368 g/mol. The van der Waals surface area contributed by atoms with Crippen LogP contribution in [0.3, 0.4) is 0 Å². The Morgan fingerprint density at radius 1 is 0.786 bits per heavy atom. The van der Waals surface area contributed by atoms with Crippen LogP contribution in [-0.2, 0) is 37.9 Å². The first-order valence-corrected chi connectivity index (χ1v) is 10.4. The molecule has 5 aliphatic heterocycles. The van der Waals surface area contributed by atoms with Gasteiger partial charge in [-0.2, -0.15) is 0 Å². The molecule has 8 nitrogen and oxygen atoms in total. The van der Waals surface area contributed by atoms with Gasteiger partial charge >= 0.3 is 0 Å². The van der Waals surface area contributed by atoms with Crippen molar-refractivity contribution < 1.29 is 37.9 Å². The highest BCUT2D eigenvalue weighted by Crippen LogP contribution is 2.53. The van der Waals surface area contributed by atoms with Gasteiger partial charge in [-0.1, -0.05) is 0 Å². The highest BCUT2D eigenvalue weighted by Gasteiger charge is 2.68. The van der Waals surface area contributed by atoms with Gasteiger partial charge in [0.2, 0.25) is 11.6 Å². The summed E-state index contributed by atoms with van der Waals surface area (Å²) >= 11 is 0. The van der Waals surface area contributed by atoms with Gasteiger partial charge in [0.1, 0.15) is 6.10 Å². The molecule has 8 heteroatoms. The Bertz CT molecular complexity index is 599. The highest BCUT2D eigenvalue weighted by molar-refractivity contribution is 5.07. The summed E-state index contributed by atoms with van der Waals surface area (Å²) in [5, 5.41) is 0. The molecule has 0 N–H and O–H groups in total. The third kappa shape index (κ3) is 2.96. The molecule has 0 aromatic carbocycles. The maximum Gasteiger partial charge on any atom is 0.226 e. The summed E-state index contributed by atoms with van der Waals surface area (Å²) in [6.45, 7) is 5.11. The number of methoxy groups -OCH3 is 2. The van der Waals surface area contributed by atoms with E-state index in [9.17, 15) is 0 Å². The van der Waals surface area contributed by atoms with E-state index >= 15 is 0 Å². The predicted molar refractivity (Wildman–Crippen MR) is 95.6 cm³/mol. The van der Waals surface area contributed by atoms with Crippen LogP contribution in [0.5, 0.6) is 0 Å². The molecule has 0 aliphatic carbocycles. The molecule has 5 saturated heterocycles. The summed E-state index contributed by atoms with van der Waals surface area (Å²) in [5.41, 5.74) is 0. The first kappa shape index (κ1) is 19.6. The number of hydrogen-bond acceptors (Lipinski definition) is 8. The Morgan fingerprint density at radius 2 is 1.46 bits per heavy atom. The minimum atomic E-state index is -1.03. The molecule has 0 amide bonds. The minimum absolute atomic E-state index is 0.0180. The van der Waals surface area contributed by atoms with E-state index in [4.69, 9.17) is 37.9 Å². The van der Waals surface area contributed by atoms with Crippen molar-refractivity contribution in [2.24, 2.45) is 0 Å². The summed E-state index contributed by atoms with van der Waals surface area (Å²) in [5.74, 6) is -2.66. The molecule has 5 heterocycles. The smallest absolute Gasteiger partial charge is 0.226 e. The van der Waals surface area contributed by atoms with E-state index < -0.39 is 17.4 Å². The largest absolute Gasteiger partial charge is 0.375 e. The molecule has 160 valence electrons. The van der Waals surface area contributed by atoms with Gasteiger partial charge in [-0.25, -0.2) is 0 Å². The molecule has 5 rings (SSSR count). The lowest BCUT2D eigenvalue weighted by Gasteiger charge is -2.61. The van der Waals surface area contributed by atoms with Crippen LogP contribution in [0, 0.1) is 0 Å². The first-order valence-electron chi connectivity index (χ1n) is 10.4. The van der Waals surface area contributed by atoms with E-state index in [1.165, 1.54) is 0 Å². The van der Waals surface area contributed by atoms with E-state index in [2.05, 4.69) is 0 Å². The fraction of sp³-hybridized carbons (Fsp3) is 1.00. The lowest BCUT2D eigenvalue weighted by atomic mass is 9.80. The van der Waals surface area contributed by atoms with Gasteiger partial charge in [0.05, 0.1) is 37.1 Å². The zero-order chi connectivity index (χ0) is 19.6. The molecular formula is C20H32O8. The predicted octanol–water partition coefficient (Wildman–Crippen LogP) is 1.74. The molecule has 0 saturated carbocycles. The summed E-state index contributed by atoms with van der Waals surface area (Å²) in [6.07, 6.45) is 3.19. The third-order valence-electron chi connectivity index (χ3n) is 6.92. The Morgan fingerprint density at radius 3 is 2.21 bits per heavy atom. The molecule has 0 bridgehead atoms. The van der Waals surface area contributed by atoms with Gasteiger partial charge < -0.3 is 37.9 Å². The van der Waals surface area contributed by atoms with Gasteiger partial charge in [0, 0.05) is 40.1 Å². The standard InChI is InChI=1S/C20H32O8/c1-18(2)24-11-17-14(26-18)8-13-16(25-17)10-20(22-4)19(21-3,28-13)9-15-12(27-20)6-5-7-23-15/h12-17H,5-11H2,1-4H3/t12-,13+,14-,15+,16-,17+,19-,20+/m0/s1. The number of rotatable bonds is 2. The van der Waals surface area contributed by atoms with Crippen molar-refractivity contribution in [1.29, 1.82) is 0 Å². The van der Waals surface area contributed by atoms with Crippen molar-refractivity contribution in [3.05, 3.63) is 0 Å². The normalized spacial score (nSPS) is 52.7. The quantitative estimate of drug-likeness (QED) is 0.694. The van der Waals surface area contributed by atoms with Crippen LogP contribution in [0.2, 0.25) is 0 Å². The van der Waals surface area contributed by atoms with E-state index in [1.54, 1.807) is 14.2 Å². The van der Waals surface area contributed by atoms with Gasteiger partial charge in [-0.3, -0.25) is 0 Å². The Balaban J connectivity index is 1.42. The van der Waals surface area contributed by atoms with Crippen LogP contribution in [-0.4, -0.2) is 81.4 Å². The lowest BCUT2D eigenvalue weighted by molar-refractivity contribution is -0.488. The summed E-state index contributed by atoms with van der Waals surface area (Å²) in [4.78, 5) is 0. The maximum absolute atomic E-state index is 6.59. The van der Waals surface area contributed by atoms with E-state index in [-0.39, 0.29) is 36.6 Å². The second kappa shape index (κ2) is 6.85. The Kier molecular flexibility index (Phi) is 4.80. The van der Waals surface area contributed by atoms with Gasteiger partial charge in [0.15, 0.2) is 5.79 Å². The number of fused-ring (bicyclic) bond motifs is 4. The molecule has 0 spiro atoms. The van der Waals surface area contributed by atoms with E-state index in [0.29, 0.717) is 19.4 Å². The number of hydrogen-bond donors (Lipinski definition) is 0. The van der Waals surface area contributed by atoms with Crippen molar-refractivity contribution in [1.82, 2.24) is 0 Å². The van der Waals surface area contributed by atoms with Gasteiger partial charge in [0.25, 0.3) is 0 Å². The fourth-order valence-electron chi connectivity index (χ4n) is 5.50. The minimum Gasteiger partial charge on any atom is -0.375 e. The van der Waals surface area contributed by atoms with Crippen molar-refractivity contribution in [2.75, 3.05) is 27.4 Å². The lowest BCUT2D eigenvalue weighted by Crippen LogP contribution is -2.75. The van der Waals surface area contributed by atoms with Crippen LogP contribution in [0.1, 0.15) is 46.0 Å². The average Bonchev–Trinajstić information content (AvgIpc) is 2.68. The molecule has 28 heavy (non-hydrogen) atoms. The van der Waals surface area contributed by atoms with Crippen LogP contribution in [0.25, 0.3) is 0 Å². The fourth-order valence-corrected chi connectivity index (χ4v) is 5.50. The molecule has 0 radical (unpaired) electrons. The zero-order valence-corrected chi connectivity index (χ0v) is 17.2. The van der Waals surface area contributed by atoms with Gasteiger partial charge in [-0.05, 0) is 26.7 Å². The number of ether oxygens (including phenoxy) is 8. The third-order valence-corrected chi connectivity index (χ3v) is 6.92. The topological polar surface area (TPSA) is 73.8 Å². The van der Waals surface area contributed by atoms with Gasteiger partial charge in [-0.15, -0.1) is 0 Å². The SMILES string of the molecule is CO[C@]12C[C@H]3OCCC[C@@H]3O[C@]1(OC)C[C@@H]1O[C@@H]3COC(C)(C)O[C@H]3C[C@H]1O2. The second-order valence-corrected chi connectivity index (χ2v) is 9.00. The summed E-state index contributed by atoms with van der Waals surface area (Å²) in [7, 11) is 3.31. The molecule has 5 aliphatic rings. The van der Waals surface area contributed by atoms with Crippen LogP contribution in [0.4, 0.5) is 0 Å². The van der Waals surface area contributed by atoms with Crippen molar-refractivity contribution in [2.45, 2.75) is 99.9 Å². The molecule has 0 aromatic heterocycles.